The van der Waals surface area contributed by atoms with Crippen molar-refractivity contribution in [2.75, 3.05) is 25.0 Å². The molecule has 36 heavy (non-hydrogen) atoms. The van der Waals surface area contributed by atoms with Crippen LogP contribution in [-0.2, 0) is 25.2 Å². The van der Waals surface area contributed by atoms with Crippen LogP contribution >= 0.6 is 0 Å². The first-order valence-corrected chi connectivity index (χ1v) is 13.6. The summed E-state index contributed by atoms with van der Waals surface area (Å²) in [6.07, 6.45) is 1.34. The number of imide groups is 1. The summed E-state index contributed by atoms with van der Waals surface area (Å²) in [6, 6.07) is 14.2. The van der Waals surface area contributed by atoms with Crippen LogP contribution < -0.4 is 10.6 Å². The molecule has 0 bridgehead atoms. The zero-order valence-corrected chi connectivity index (χ0v) is 21.5. The van der Waals surface area contributed by atoms with E-state index < -0.39 is 40.0 Å². The normalized spacial score (nSPS) is 25.0. The third kappa shape index (κ3) is 4.87. The Morgan fingerprint density at radius 2 is 1.64 bits per heavy atom. The molecule has 9 nitrogen and oxygen atoms in total. The Hall–Kier alpha value is -3.24. The molecule has 2 aliphatic heterocycles. The summed E-state index contributed by atoms with van der Waals surface area (Å²) < 4.78 is 27.7. The van der Waals surface area contributed by atoms with Crippen molar-refractivity contribution in [3.8, 4) is 0 Å². The Morgan fingerprint density at radius 3 is 2.22 bits per heavy atom. The average molecular weight is 513 g/mol. The van der Waals surface area contributed by atoms with Crippen LogP contribution in [0.3, 0.4) is 0 Å². The molecular weight excluding hydrogens is 480 g/mol. The lowest BCUT2D eigenvalue weighted by atomic mass is 9.87. The third-order valence-electron chi connectivity index (χ3n) is 6.89. The van der Waals surface area contributed by atoms with Crippen molar-refractivity contribution >= 4 is 33.6 Å². The van der Waals surface area contributed by atoms with Crippen LogP contribution in [0.25, 0.3) is 0 Å². The molecule has 0 aliphatic carbocycles. The van der Waals surface area contributed by atoms with Gasteiger partial charge >= 0.3 is 6.03 Å². The Labute approximate surface area is 211 Å². The number of piperidine rings is 1. The maximum atomic E-state index is 13.2. The second-order valence-electron chi connectivity index (χ2n) is 9.79. The predicted molar refractivity (Wildman–Crippen MR) is 135 cm³/mol. The molecule has 2 aliphatic rings. The molecule has 3 atom stereocenters. The molecule has 2 heterocycles. The van der Waals surface area contributed by atoms with E-state index >= 15 is 0 Å². The lowest BCUT2D eigenvalue weighted by Gasteiger charge is -2.34. The number of anilines is 1. The van der Waals surface area contributed by atoms with Crippen LogP contribution in [0.2, 0.25) is 0 Å². The maximum absolute atomic E-state index is 13.2. The quantitative estimate of drug-likeness (QED) is 0.553. The minimum absolute atomic E-state index is 0.159. The number of hydrogen-bond acceptors (Lipinski definition) is 5. The van der Waals surface area contributed by atoms with E-state index in [9.17, 15) is 22.8 Å². The minimum atomic E-state index is -3.63. The number of nitrogens with zero attached hydrogens (tertiary/aromatic N) is 2. The van der Waals surface area contributed by atoms with Crippen LogP contribution in [0.1, 0.15) is 39.2 Å². The summed E-state index contributed by atoms with van der Waals surface area (Å²) in [7, 11) is -3.63. The average Bonchev–Trinajstić information content (AvgIpc) is 3.09. The largest absolute Gasteiger partial charge is 0.325 e. The number of amides is 4. The molecule has 0 aromatic heterocycles. The van der Waals surface area contributed by atoms with Crippen molar-refractivity contribution < 1.29 is 22.8 Å². The van der Waals surface area contributed by atoms with Gasteiger partial charge in [-0.2, -0.15) is 4.31 Å². The van der Waals surface area contributed by atoms with Crippen molar-refractivity contribution in [2.24, 2.45) is 11.8 Å². The van der Waals surface area contributed by atoms with Crippen LogP contribution in [0, 0.1) is 11.8 Å². The van der Waals surface area contributed by atoms with Crippen molar-refractivity contribution in [3.05, 3.63) is 60.2 Å². The van der Waals surface area contributed by atoms with Crippen LogP contribution in [0.4, 0.5) is 10.5 Å². The molecule has 0 radical (unpaired) electrons. The van der Waals surface area contributed by atoms with Crippen molar-refractivity contribution in [3.63, 3.8) is 0 Å². The maximum Gasteiger partial charge on any atom is 0.325 e. The lowest BCUT2D eigenvalue weighted by molar-refractivity contribution is -0.134. The first-order valence-electron chi connectivity index (χ1n) is 12.2. The van der Waals surface area contributed by atoms with Gasteiger partial charge in [0.1, 0.15) is 12.1 Å². The van der Waals surface area contributed by atoms with Gasteiger partial charge in [-0.05, 0) is 54.5 Å². The molecule has 0 spiro atoms. The molecule has 2 aromatic rings. The Balaban J connectivity index is 1.43. The molecule has 2 saturated heterocycles. The van der Waals surface area contributed by atoms with Crippen LogP contribution in [-0.4, -0.2) is 55.1 Å². The molecule has 0 unspecified atom stereocenters. The van der Waals surface area contributed by atoms with Gasteiger partial charge in [0, 0.05) is 18.8 Å². The fraction of sp³-hybridized carbons (Fsp3) is 0.423. The topological polar surface area (TPSA) is 116 Å². The number of nitrogens with one attached hydrogen (secondary N) is 2. The zero-order valence-electron chi connectivity index (χ0n) is 20.7. The first kappa shape index (κ1) is 25.8. The van der Waals surface area contributed by atoms with Crippen molar-refractivity contribution in [1.29, 1.82) is 0 Å². The molecule has 2 N–H and O–H groups in total. The summed E-state index contributed by atoms with van der Waals surface area (Å²) in [4.78, 5) is 39.6. The molecule has 192 valence electrons. The SMILES string of the molecule is CC[C@]1(c2ccccc2)NC(=O)N(CC(=O)Nc2ccc(S(=O)(=O)N3C[C@@H](C)C[C@H](C)C3)cc2)C1=O. The number of rotatable bonds is 7. The summed E-state index contributed by atoms with van der Waals surface area (Å²) >= 11 is 0. The Morgan fingerprint density at radius 1 is 1.03 bits per heavy atom. The summed E-state index contributed by atoms with van der Waals surface area (Å²) in [6.45, 7) is 6.41. The monoisotopic (exact) mass is 512 g/mol. The Bertz CT molecular complexity index is 1240. The van der Waals surface area contributed by atoms with E-state index in [4.69, 9.17) is 0 Å². The number of carbonyl (C=O) groups excluding carboxylic acids is 3. The van der Waals surface area contributed by atoms with Crippen molar-refractivity contribution in [1.82, 2.24) is 14.5 Å². The van der Waals surface area contributed by atoms with E-state index in [-0.39, 0.29) is 4.90 Å². The number of urea groups is 1. The standard InChI is InChI=1S/C26H32N4O5S/c1-4-26(20-8-6-5-7-9-20)24(32)30(25(33)28-26)17-23(31)27-21-10-12-22(13-11-21)36(34,35)29-15-18(2)14-19(3)16-29/h5-13,18-19H,4,14-17H2,1-3H3,(H,27,31)(H,28,33)/t18-,19-,26+/m0/s1. The third-order valence-corrected chi connectivity index (χ3v) is 8.73. The molecule has 2 aromatic carbocycles. The van der Waals surface area contributed by atoms with Crippen LogP contribution in [0.5, 0.6) is 0 Å². The molecule has 0 saturated carbocycles. The summed E-state index contributed by atoms with van der Waals surface area (Å²) in [5, 5.41) is 5.40. The molecule has 4 rings (SSSR count). The Kier molecular flexibility index (Phi) is 7.19. The molecule has 10 heteroatoms. The highest BCUT2D eigenvalue weighted by Crippen LogP contribution is 2.32. The van der Waals surface area contributed by atoms with Gasteiger partial charge in [0.2, 0.25) is 15.9 Å². The first-order chi connectivity index (χ1) is 17.1. The highest BCUT2D eigenvalue weighted by Gasteiger charge is 2.51. The minimum Gasteiger partial charge on any atom is -0.325 e. The van der Waals surface area contributed by atoms with E-state index in [1.54, 1.807) is 31.2 Å². The van der Waals surface area contributed by atoms with Gasteiger partial charge in [0.25, 0.3) is 5.91 Å². The highest BCUT2D eigenvalue weighted by atomic mass is 32.2. The van der Waals surface area contributed by atoms with E-state index in [2.05, 4.69) is 10.6 Å². The lowest BCUT2D eigenvalue weighted by Crippen LogP contribution is -2.44. The number of sulfonamides is 1. The van der Waals surface area contributed by atoms with E-state index in [1.165, 1.54) is 28.6 Å². The fourth-order valence-corrected chi connectivity index (χ4v) is 6.82. The summed E-state index contributed by atoms with van der Waals surface area (Å²) in [5.41, 5.74) is -0.183. The molecular formula is C26H32N4O5S. The van der Waals surface area contributed by atoms with Gasteiger partial charge in [0.15, 0.2) is 0 Å². The van der Waals surface area contributed by atoms with Gasteiger partial charge in [-0.25, -0.2) is 13.2 Å². The zero-order chi connectivity index (χ0) is 26.1. The van der Waals surface area contributed by atoms with E-state index in [0.717, 1.165) is 11.3 Å². The van der Waals surface area contributed by atoms with E-state index in [0.29, 0.717) is 42.6 Å². The number of benzene rings is 2. The van der Waals surface area contributed by atoms with E-state index in [1.807, 2.05) is 19.9 Å². The van der Waals surface area contributed by atoms with Gasteiger partial charge in [-0.3, -0.25) is 14.5 Å². The predicted octanol–water partition coefficient (Wildman–Crippen LogP) is 3.15. The van der Waals surface area contributed by atoms with Crippen LogP contribution in [0.15, 0.2) is 59.5 Å². The van der Waals surface area contributed by atoms with Gasteiger partial charge < -0.3 is 10.6 Å². The van der Waals surface area contributed by atoms with Gasteiger partial charge in [0.05, 0.1) is 4.90 Å². The van der Waals surface area contributed by atoms with Crippen molar-refractivity contribution in [2.45, 2.75) is 44.0 Å². The summed E-state index contributed by atoms with van der Waals surface area (Å²) in [5.74, 6) is -0.461. The number of carbonyl (C=O) groups is 3. The highest BCUT2D eigenvalue weighted by molar-refractivity contribution is 7.89. The molecule has 4 amide bonds. The number of hydrogen-bond donors (Lipinski definition) is 2. The fourth-order valence-electron chi connectivity index (χ4n) is 5.14. The smallest absolute Gasteiger partial charge is 0.325 e. The van der Waals surface area contributed by atoms with Gasteiger partial charge in [-0.15, -0.1) is 0 Å². The molecule has 2 fully saturated rings. The second kappa shape index (κ2) is 10.0. The van der Waals surface area contributed by atoms with Gasteiger partial charge in [-0.1, -0.05) is 51.1 Å². The second-order valence-corrected chi connectivity index (χ2v) is 11.7.